The Bertz CT molecular complexity index is 3410. The molecule has 0 spiro atoms. The molecular formula is C58H60N4O10. The Morgan fingerprint density at radius 2 is 1.08 bits per heavy atom. The average Bonchev–Trinajstić information content (AvgIpc) is 3.34. The van der Waals surface area contributed by atoms with E-state index in [1.165, 1.54) is 5.56 Å². The molecule has 3 N–H and O–H groups in total. The summed E-state index contributed by atoms with van der Waals surface area (Å²) >= 11 is 0. The average molecular weight is 973 g/mol. The predicted molar refractivity (Wildman–Crippen MR) is 276 cm³/mol. The minimum Gasteiger partial charge on any atom is -0.493 e. The number of hydrogen-bond acceptors (Lipinski definition) is 13. The Morgan fingerprint density at radius 3 is 1.50 bits per heavy atom. The van der Waals surface area contributed by atoms with E-state index in [0.717, 1.165) is 107 Å². The van der Waals surface area contributed by atoms with Crippen LogP contribution in [0.3, 0.4) is 0 Å². The molecule has 0 amide bonds. The second-order valence-corrected chi connectivity index (χ2v) is 20.1. The number of aromatic nitrogens is 4. The molecule has 0 fully saturated rings. The van der Waals surface area contributed by atoms with E-state index in [-0.39, 0.29) is 19.8 Å². The molecule has 0 saturated carbocycles. The Morgan fingerprint density at radius 1 is 0.639 bits per heavy atom. The number of aliphatic hydroxyl groups is 2. The van der Waals surface area contributed by atoms with Crippen molar-refractivity contribution in [3.63, 3.8) is 0 Å². The number of carboxylic acids is 1. The second-order valence-electron chi connectivity index (χ2n) is 20.1. The van der Waals surface area contributed by atoms with E-state index in [1.807, 2.05) is 122 Å². The minimum absolute atomic E-state index is 0.162. The molecule has 0 aliphatic carbocycles. The Labute approximate surface area is 418 Å². The third kappa shape index (κ3) is 9.67. The van der Waals surface area contributed by atoms with Crippen LogP contribution in [0, 0.1) is 13.8 Å². The molecule has 6 heterocycles. The number of pyridine rings is 4. The molecule has 2 aliphatic rings. The van der Waals surface area contributed by atoms with Crippen LogP contribution in [0.15, 0.2) is 85.2 Å². The number of carbonyl (C=O) groups is 2. The number of esters is 1. The van der Waals surface area contributed by atoms with Gasteiger partial charge in [0.15, 0.2) is 12.2 Å². The lowest BCUT2D eigenvalue weighted by molar-refractivity contribution is -0.166. The number of hydrogen-bond donors (Lipinski definition) is 3. The number of fused-ring (bicyclic) bond motifs is 2. The lowest BCUT2D eigenvalue weighted by Gasteiger charge is -2.30. The van der Waals surface area contributed by atoms with Gasteiger partial charge in [0.1, 0.15) is 11.5 Å². The first-order valence-corrected chi connectivity index (χ1v) is 24.3. The molecule has 2 atom stereocenters. The predicted octanol–water partition coefficient (Wildman–Crippen LogP) is 10.7. The van der Waals surface area contributed by atoms with E-state index in [1.54, 1.807) is 25.3 Å². The molecule has 4 aromatic carbocycles. The topological polar surface area (TPSA) is 193 Å². The van der Waals surface area contributed by atoms with Crippen LogP contribution < -0.4 is 9.47 Å². The van der Waals surface area contributed by atoms with Gasteiger partial charge < -0.3 is 39.0 Å². The van der Waals surface area contributed by atoms with Crippen molar-refractivity contribution < 1.29 is 48.6 Å². The van der Waals surface area contributed by atoms with Crippen molar-refractivity contribution in [3.8, 4) is 33.8 Å². The molecule has 14 nitrogen and oxygen atoms in total. The summed E-state index contributed by atoms with van der Waals surface area (Å²) in [5.41, 5.74) is 11.1. The summed E-state index contributed by atoms with van der Waals surface area (Å²) in [5, 5.41) is 33.2. The maximum atomic E-state index is 13.4. The van der Waals surface area contributed by atoms with E-state index in [4.69, 9.17) is 33.7 Å². The van der Waals surface area contributed by atoms with Gasteiger partial charge in [-0.15, -0.1) is 0 Å². The third-order valence-corrected chi connectivity index (χ3v) is 12.8. The molecule has 0 unspecified atom stereocenters. The molecular weight excluding hydrogens is 913 g/mol. The fourth-order valence-electron chi connectivity index (χ4n) is 9.95. The van der Waals surface area contributed by atoms with E-state index in [9.17, 15) is 24.9 Å². The molecule has 0 radical (unpaired) electrons. The minimum atomic E-state index is -1.20. The number of rotatable bonds is 11. The van der Waals surface area contributed by atoms with Crippen molar-refractivity contribution in [1.29, 1.82) is 0 Å². The number of aliphatic carboxylic acids is 1. The molecule has 0 bridgehead atoms. The van der Waals surface area contributed by atoms with Crippen LogP contribution in [0.2, 0.25) is 0 Å². The Kier molecular flexibility index (Phi) is 13.7. The fourth-order valence-corrected chi connectivity index (χ4v) is 9.95. The van der Waals surface area contributed by atoms with Crippen molar-refractivity contribution >= 4 is 55.6 Å². The monoisotopic (exact) mass is 972 g/mol. The van der Waals surface area contributed by atoms with Gasteiger partial charge in [0.2, 0.25) is 0 Å². The summed E-state index contributed by atoms with van der Waals surface area (Å²) in [7, 11) is 0. The van der Waals surface area contributed by atoms with Crippen LogP contribution in [-0.2, 0) is 49.9 Å². The molecule has 4 aromatic heterocycles. The Hall–Kier alpha value is -7.10. The number of nitrogens with zero attached hydrogens (tertiary/aromatic N) is 4. The molecule has 14 heteroatoms. The number of carbonyl (C=O) groups excluding carboxylic acids is 1. The maximum Gasteiger partial charge on any atom is 0.339 e. The molecule has 8 aromatic rings. The molecule has 10 rings (SSSR count). The summed E-state index contributed by atoms with van der Waals surface area (Å²) in [6.07, 6.45) is 3.04. The van der Waals surface area contributed by atoms with Crippen molar-refractivity contribution in [2.75, 3.05) is 19.8 Å². The Balaban J connectivity index is 0.000000178. The van der Waals surface area contributed by atoms with Gasteiger partial charge >= 0.3 is 11.9 Å². The third-order valence-electron chi connectivity index (χ3n) is 12.8. The summed E-state index contributed by atoms with van der Waals surface area (Å²) in [5.74, 6) is 0.0703. The number of carboxylic acid groups (broad SMARTS) is 1. The quantitative estimate of drug-likeness (QED) is 0.104. The van der Waals surface area contributed by atoms with Crippen LogP contribution in [-0.4, -0.2) is 78.2 Å². The maximum absolute atomic E-state index is 13.4. The van der Waals surface area contributed by atoms with E-state index in [2.05, 4.69) is 9.97 Å². The van der Waals surface area contributed by atoms with Gasteiger partial charge in [0.25, 0.3) is 0 Å². The number of ether oxygens (including phenoxy) is 5. The van der Waals surface area contributed by atoms with Crippen LogP contribution in [0.5, 0.6) is 11.5 Å². The highest BCUT2D eigenvalue weighted by Crippen LogP contribution is 2.47. The van der Waals surface area contributed by atoms with Crippen LogP contribution in [0.25, 0.3) is 65.9 Å². The summed E-state index contributed by atoms with van der Waals surface area (Å²) in [6.45, 7) is 18.0. The van der Waals surface area contributed by atoms with Crippen molar-refractivity contribution in [2.24, 2.45) is 0 Å². The highest BCUT2D eigenvalue weighted by molar-refractivity contribution is 6.10. The highest BCUT2D eigenvalue weighted by atomic mass is 16.6. The lowest BCUT2D eigenvalue weighted by Crippen LogP contribution is -2.29. The summed E-state index contributed by atoms with van der Waals surface area (Å²) < 4.78 is 29.9. The van der Waals surface area contributed by atoms with Crippen molar-refractivity contribution in [1.82, 2.24) is 19.9 Å². The molecule has 72 heavy (non-hydrogen) atoms. The SMILES string of the molecule is CCOC(=O)[C@@H](OC(C)(C)C)c1c(C)cc2nc(CO)ccc2c1-c1ccc2c3c(ccnc13)CCO2.Cc1cc2nc(CO)ccc2c(-c2ccc3c4c(ccnc24)CCO3)c1[C@H](OC(C)(C)C)C(=O)O. The molecule has 372 valence electrons. The van der Waals surface area contributed by atoms with Gasteiger partial charge in [0.05, 0.1) is 77.7 Å². The zero-order chi connectivity index (χ0) is 51.2. The fraction of sp³-hybridized carbons (Fsp3) is 0.345. The van der Waals surface area contributed by atoms with Crippen LogP contribution >= 0.6 is 0 Å². The first-order chi connectivity index (χ1) is 34.4. The molecule has 2 aliphatic heterocycles. The lowest BCUT2D eigenvalue weighted by atomic mass is 9.86. The van der Waals surface area contributed by atoms with E-state index in [0.29, 0.717) is 35.7 Å². The largest absolute Gasteiger partial charge is 0.493 e. The van der Waals surface area contributed by atoms with Crippen molar-refractivity contribution in [3.05, 3.63) is 130 Å². The van der Waals surface area contributed by atoms with E-state index >= 15 is 0 Å². The van der Waals surface area contributed by atoms with Gasteiger partial charge in [-0.25, -0.2) is 9.59 Å². The zero-order valence-corrected chi connectivity index (χ0v) is 42.2. The van der Waals surface area contributed by atoms with Crippen LogP contribution in [0.1, 0.15) is 105 Å². The van der Waals surface area contributed by atoms with Gasteiger partial charge in [-0.3, -0.25) is 19.9 Å². The van der Waals surface area contributed by atoms with Gasteiger partial charge in [-0.05, 0) is 156 Å². The van der Waals surface area contributed by atoms with Gasteiger partial charge in [-0.2, -0.15) is 0 Å². The second kappa shape index (κ2) is 19.8. The number of benzene rings is 4. The first kappa shape index (κ1) is 49.9. The number of aryl methyl sites for hydroxylation is 2. The standard InChI is InChI=1S/C30H32N2O5.C28H28N2O5/c1-6-35-29(34)28(37-30(3,4)5)24-17(2)15-22-20(8-7-19(16-33)32-22)26(24)21-9-10-23-25-18(12-14-36-23)11-13-31-27(21)25;1-15-13-20-18(6-5-17(14-31)30-20)24(22(15)26(27(32)33)35-28(2,3)4)19-7-8-21-23-16(10-12-34-21)9-11-29-25(19)23/h7-11,13,15,28,33H,6,12,14,16H2,1-5H3;5-9,11,13,26,31H,10,12,14H2,1-4H3,(H,32,33)/t28-;26-/m00/s1. The smallest absolute Gasteiger partial charge is 0.339 e. The highest BCUT2D eigenvalue weighted by Gasteiger charge is 2.35. The van der Waals surface area contributed by atoms with E-state index < -0.39 is 35.3 Å². The zero-order valence-electron chi connectivity index (χ0n) is 42.2. The van der Waals surface area contributed by atoms with Crippen LogP contribution in [0.4, 0.5) is 0 Å². The number of aliphatic hydroxyl groups excluding tert-OH is 2. The summed E-state index contributed by atoms with van der Waals surface area (Å²) in [6, 6.07) is 23.1. The molecule has 0 saturated heterocycles. The summed E-state index contributed by atoms with van der Waals surface area (Å²) in [4.78, 5) is 44.8. The first-order valence-electron chi connectivity index (χ1n) is 24.3. The van der Waals surface area contributed by atoms with Gasteiger partial charge in [0, 0.05) is 69.0 Å². The normalized spacial score (nSPS) is 14.1. The van der Waals surface area contributed by atoms with Gasteiger partial charge in [-0.1, -0.05) is 12.1 Å². The van der Waals surface area contributed by atoms with Crippen molar-refractivity contribution in [2.45, 2.75) is 112 Å².